The normalized spacial score (nSPS) is 16.3. The molecule has 1 aromatic rings. The predicted octanol–water partition coefficient (Wildman–Crippen LogP) is 1.28. The second kappa shape index (κ2) is 7.26. The van der Waals surface area contributed by atoms with Crippen molar-refractivity contribution in [1.29, 1.82) is 0 Å². The molecule has 0 radical (unpaired) electrons. The van der Waals surface area contributed by atoms with E-state index in [4.69, 9.17) is 15.2 Å². The van der Waals surface area contributed by atoms with Crippen molar-refractivity contribution in [1.82, 2.24) is 4.90 Å². The number of rotatable bonds is 6. The van der Waals surface area contributed by atoms with Crippen molar-refractivity contribution in [2.75, 3.05) is 32.8 Å². The average molecular weight is 278 g/mol. The highest BCUT2D eigenvalue weighted by atomic mass is 16.5. The standard InChI is InChI=1S/C15H22N2O3/c1-2-19-12(11-16)7-8-17-9-10-20-14-6-4-3-5-13(14)15(17)18/h3-6,12H,2,7-11,16H2,1H3. The van der Waals surface area contributed by atoms with Crippen molar-refractivity contribution in [3.05, 3.63) is 29.8 Å². The fourth-order valence-corrected chi connectivity index (χ4v) is 2.32. The zero-order valence-electron chi connectivity index (χ0n) is 11.9. The number of benzene rings is 1. The van der Waals surface area contributed by atoms with Gasteiger partial charge in [-0.15, -0.1) is 0 Å². The Kier molecular flexibility index (Phi) is 5.38. The number of amides is 1. The molecular weight excluding hydrogens is 256 g/mol. The maximum Gasteiger partial charge on any atom is 0.257 e. The van der Waals surface area contributed by atoms with Crippen LogP contribution in [0.3, 0.4) is 0 Å². The minimum Gasteiger partial charge on any atom is -0.491 e. The predicted molar refractivity (Wildman–Crippen MR) is 76.9 cm³/mol. The van der Waals surface area contributed by atoms with Crippen LogP contribution in [0.1, 0.15) is 23.7 Å². The van der Waals surface area contributed by atoms with Crippen molar-refractivity contribution in [2.45, 2.75) is 19.4 Å². The molecule has 1 atom stereocenters. The van der Waals surface area contributed by atoms with Gasteiger partial charge < -0.3 is 20.1 Å². The van der Waals surface area contributed by atoms with E-state index >= 15 is 0 Å². The summed E-state index contributed by atoms with van der Waals surface area (Å²) in [5.74, 6) is 0.686. The SMILES string of the molecule is CCOC(CN)CCN1CCOc2ccccc2C1=O. The first kappa shape index (κ1) is 14.8. The Morgan fingerprint density at radius 2 is 2.25 bits per heavy atom. The monoisotopic (exact) mass is 278 g/mol. The van der Waals surface area contributed by atoms with Gasteiger partial charge in [-0.1, -0.05) is 12.1 Å². The maximum atomic E-state index is 12.5. The quantitative estimate of drug-likeness (QED) is 0.851. The Balaban J connectivity index is 2.01. The van der Waals surface area contributed by atoms with Crippen LogP contribution < -0.4 is 10.5 Å². The summed E-state index contributed by atoms with van der Waals surface area (Å²) in [4.78, 5) is 14.3. The Labute approximate surface area is 119 Å². The van der Waals surface area contributed by atoms with Gasteiger partial charge in [-0.3, -0.25) is 4.79 Å². The van der Waals surface area contributed by atoms with E-state index in [1.165, 1.54) is 0 Å². The molecule has 0 saturated heterocycles. The van der Waals surface area contributed by atoms with E-state index in [1.54, 1.807) is 6.07 Å². The van der Waals surface area contributed by atoms with Crippen molar-refractivity contribution in [3.63, 3.8) is 0 Å². The van der Waals surface area contributed by atoms with E-state index < -0.39 is 0 Å². The van der Waals surface area contributed by atoms with Crippen LogP contribution in [0, 0.1) is 0 Å². The fourth-order valence-electron chi connectivity index (χ4n) is 2.32. The maximum absolute atomic E-state index is 12.5. The molecule has 0 saturated carbocycles. The molecule has 1 unspecified atom stereocenters. The molecular formula is C15H22N2O3. The highest BCUT2D eigenvalue weighted by Crippen LogP contribution is 2.22. The molecule has 1 aliphatic rings. The fraction of sp³-hybridized carbons (Fsp3) is 0.533. The first-order valence-electron chi connectivity index (χ1n) is 7.09. The van der Waals surface area contributed by atoms with Crippen LogP contribution in [0.4, 0.5) is 0 Å². The summed E-state index contributed by atoms with van der Waals surface area (Å²) < 4.78 is 11.1. The average Bonchev–Trinajstić information content (AvgIpc) is 2.63. The van der Waals surface area contributed by atoms with Gasteiger partial charge in [0.1, 0.15) is 12.4 Å². The zero-order chi connectivity index (χ0) is 14.4. The molecule has 1 aromatic carbocycles. The lowest BCUT2D eigenvalue weighted by molar-refractivity contribution is 0.0491. The van der Waals surface area contributed by atoms with Crippen molar-refractivity contribution in [3.8, 4) is 5.75 Å². The van der Waals surface area contributed by atoms with Gasteiger partial charge in [-0.2, -0.15) is 0 Å². The summed E-state index contributed by atoms with van der Waals surface area (Å²) in [6.45, 7) is 4.81. The largest absolute Gasteiger partial charge is 0.491 e. The lowest BCUT2D eigenvalue weighted by Gasteiger charge is -2.23. The number of hydrogen-bond donors (Lipinski definition) is 1. The number of carbonyl (C=O) groups excluding carboxylic acids is 1. The zero-order valence-corrected chi connectivity index (χ0v) is 11.9. The molecule has 0 aliphatic carbocycles. The van der Waals surface area contributed by atoms with Crippen LogP contribution in [0.15, 0.2) is 24.3 Å². The van der Waals surface area contributed by atoms with Crippen LogP contribution in [-0.2, 0) is 4.74 Å². The molecule has 1 heterocycles. The van der Waals surface area contributed by atoms with E-state index in [9.17, 15) is 4.79 Å². The Hall–Kier alpha value is -1.59. The molecule has 2 rings (SSSR count). The summed E-state index contributed by atoms with van der Waals surface area (Å²) in [7, 11) is 0. The van der Waals surface area contributed by atoms with Gasteiger partial charge in [-0.05, 0) is 25.5 Å². The minimum absolute atomic E-state index is 0.00668. The number of nitrogens with zero attached hydrogens (tertiary/aromatic N) is 1. The van der Waals surface area contributed by atoms with Gasteiger partial charge in [0.05, 0.1) is 18.2 Å². The van der Waals surface area contributed by atoms with Crippen molar-refractivity contribution >= 4 is 5.91 Å². The Bertz CT molecular complexity index is 450. The van der Waals surface area contributed by atoms with Gasteiger partial charge in [-0.25, -0.2) is 0 Å². The third-order valence-electron chi connectivity index (χ3n) is 3.41. The van der Waals surface area contributed by atoms with Crippen molar-refractivity contribution in [2.24, 2.45) is 5.73 Å². The van der Waals surface area contributed by atoms with Crippen molar-refractivity contribution < 1.29 is 14.3 Å². The molecule has 5 heteroatoms. The highest BCUT2D eigenvalue weighted by Gasteiger charge is 2.23. The highest BCUT2D eigenvalue weighted by molar-refractivity contribution is 5.97. The first-order valence-corrected chi connectivity index (χ1v) is 7.09. The summed E-state index contributed by atoms with van der Waals surface area (Å²) >= 11 is 0. The van der Waals surface area contributed by atoms with E-state index in [2.05, 4.69) is 0 Å². The van der Waals surface area contributed by atoms with Gasteiger partial charge in [0, 0.05) is 19.7 Å². The Morgan fingerprint density at radius 1 is 1.45 bits per heavy atom. The van der Waals surface area contributed by atoms with Crippen LogP contribution in [0.5, 0.6) is 5.75 Å². The van der Waals surface area contributed by atoms with Gasteiger partial charge >= 0.3 is 0 Å². The lowest BCUT2D eigenvalue weighted by atomic mass is 10.1. The number of nitrogens with two attached hydrogens (primary N) is 1. The van der Waals surface area contributed by atoms with E-state index in [1.807, 2.05) is 30.0 Å². The summed E-state index contributed by atoms with van der Waals surface area (Å²) in [5, 5.41) is 0. The summed E-state index contributed by atoms with van der Waals surface area (Å²) in [6, 6.07) is 7.37. The molecule has 0 spiro atoms. The molecule has 0 bridgehead atoms. The number of fused-ring (bicyclic) bond motifs is 1. The molecule has 1 amide bonds. The van der Waals surface area contributed by atoms with Gasteiger partial charge in [0.15, 0.2) is 0 Å². The second-order valence-electron chi connectivity index (χ2n) is 4.74. The number of ether oxygens (including phenoxy) is 2. The molecule has 0 aromatic heterocycles. The van der Waals surface area contributed by atoms with E-state index in [0.29, 0.717) is 44.2 Å². The first-order chi connectivity index (χ1) is 9.76. The summed E-state index contributed by atoms with van der Waals surface area (Å²) in [6.07, 6.45) is 0.755. The third kappa shape index (κ3) is 3.49. The molecule has 1 aliphatic heterocycles. The van der Waals surface area contributed by atoms with Crippen LogP contribution >= 0.6 is 0 Å². The number of para-hydroxylation sites is 1. The summed E-state index contributed by atoms with van der Waals surface area (Å²) in [5.41, 5.74) is 6.29. The molecule has 110 valence electrons. The third-order valence-corrected chi connectivity index (χ3v) is 3.41. The number of hydrogen-bond acceptors (Lipinski definition) is 4. The lowest BCUT2D eigenvalue weighted by Crippen LogP contribution is -2.36. The number of carbonyl (C=O) groups is 1. The van der Waals surface area contributed by atoms with Crippen LogP contribution in [0.25, 0.3) is 0 Å². The van der Waals surface area contributed by atoms with Gasteiger partial charge in [0.25, 0.3) is 5.91 Å². The topological polar surface area (TPSA) is 64.8 Å². The van der Waals surface area contributed by atoms with Crippen LogP contribution in [-0.4, -0.2) is 49.8 Å². The smallest absolute Gasteiger partial charge is 0.257 e. The molecule has 2 N–H and O–H groups in total. The Morgan fingerprint density at radius 3 is 3.00 bits per heavy atom. The van der Waals surface area contributed by atoms with Gasteiger partial charge in [0.2, 0.25) is 0 Å². The molecule has 0 fully saturated rings. The minimum atomic E-state index is 0.00668. The van der Waals surface area contributed by atoms with E-state index in [0.717, 1.165) is 6.42 Å². The molecule has 20 heavy (non-hydrogen) atoms. The molecule has 5 nitrogen and oxygen atoms in total. The van der Waals surface area contributed by atoms with Crippen LogP contribution in [0.2, 0.25) is 0 Å². The van der Waals surface area contributed by atoms with E-state index in [-0.39, 0.29) is 12.0 Å². The second-order valence-corrected chi connectivity index (χ2v) is 4.74.